The summed E-state index contributed by atoms with van der Waals surface area (Å²) in [6.45, 7) is 4.18. The van der Waals surface area contributed by atoms with Gasteiger partial charge in [-0.25, -0.2) is 9.96 Å². The van der Waals surface area contributed by atoms with Crippen LogP contribution >= 0.6 is 23.2 Å². The van der Waals surface area contributed by atoms with Gasteiger partial charge in [-0.2, -0.15) is 0 Å². The lowest BCUT2D eigenvalue weighted by Gasteiger charge is -2.29. The zero-order chi connectivity index (χ0) is 20.0. The fourth-order valence-corrected chi connectivity index (χ4v) is 4.21. The lowest BCUT2D eigenvalue weighted by molar-refractivity contribution is -0.126. The van der Waals surface area contributed by atoms with Gasteiger partial charge < -0.3 is 0 Å². The van der Waals surface area contributed by atoms with Gasteiger partial charge in [0.05, 0.1) is 33.4 Å². The fraction of sp³-hybridized carbons (Fsp3) is 0.333. The molecule has 0 aliphatic carbocycles. The Balaban J connectivity index is 1.70. The summed E-state index contributed by atoms with van der Waals surface area (Å²) in [6.07, 6.45) is -0.115. The molecule has 3 atom stereocenters. The Morgan fingerprint density at radius 1 is 0.964 bits per heavy atom. The van der Waals surface area contributed by atoms with E-state index in [4.69, 9.17) is 28.0 Å². The SMILES string of the molecule is CC(C)CC1C2C(=O)N(c3ccc(Cl)c(Cl)c3)C(=O)C2ON1c1ccccc1. The Labute approximate surface area is 173 Å². The second-order valence-corrected chi connectivity index (χ2v) is 8.33. The van der Waals surface area contributed by atoms with Crippen molar-refractivity contribution in [2.24, 2.45) is 11.8 Å². The highest BCUT2D eigenvalue weighted by atomic mass is 35.5. The molecule has 0 bridgehead atoms. The lowest BCUT2D eigenvalue weighted by Crippen LogP contribution is -2.41. The average Bonchev–Trinajstić information content (AvgIpc) is 3.14. The van der Waals surface area contributed by atoms with Crippen LogP contribution in [0.2, 0.25) is 10.0 Å². The van der Waals surface area contributed by atoms with Crippen LogP contribution in [0.15, 0.2) is 48.5 Å². The largest absolute Gasteiger partial charge is 0.273 e. The van der Waals surface area contributed by atoms with Gasteiger partial charge in [-0.15, -0.1) is 0 Å². The predicted molar refractivity (Wildman–Crippen MR) is 109 cm³/mol. The number of nitrogens with zero attached hydrogens (tertiary/aromatic N) is 2. The number of anilines is 2. The number of hydrogen-bond donors (Lipinski definition) is 0. The number of hydrogen-bond acceptors (Lipinski definition) is 4. The number of carbonyl (C=O) groups is 2. The van der Waals surface area contributed by atoms with Crippen LogP contribution in [-0.2, 0) is 14.4 Å². The van der Waals surface area contributed by atoms with Crippen LogP contribution in [0.25, 0.3) is 0 Å². The highest BCUT2D eigenvalue weighted by Gasteiger charge is 2.59. The van der Waals surface area contributed by atoms with E-state index in [1.165, 1.54) is 11.0 Å². The van der Waals surface area contributed by atoms with Gasteiger partial charge in [-0.3, -0.25) is 14.4 Å². The molecule has 5 nitrogen and oxygen atoms in total. The first-order valence-corrected chi connectivity index (χ1v) is 9.98. The van der Waals surface area contributed by atoms with Crippen molar-refractivity contribution in [1.29, 1.82) is 0 Å². The highest BCUT2D eigenvalue weighted by molar-refractivity contribution is 6.42. The summed E-state index contributed by atoms with van der Waals surface area (Å²) in [5, 5.41) is 2.40. The summed E-state index contributed by atoms with van der Waals surface area (Å²) in [7, 11) is 0. The normalized spacial score (nSPS) is 24.4. The van der Waals surface area contributed by atoms with Crippen molar-refractivity contribution in [3.05, 3.63) is 58.6 Å². The van der Waals surface area contributed by atoms with Gasteiger partial charge >= 0.3 is 0 Å². The molecular formula is C21H20Cl2N2O3. The molecular weight excluding hydrogens is 399 g/mol. The summed E-state index contributed by atoms with van der Waals surface area (Å²) < 4.78 is 0. The molecule has 2 fully saturated rings. The maximum atomic E-state index is 13.3. The summed E-state index contributed by atoms with van der Waals surface area (Å²) in [6, 6.07) is 14.1. The molecule has 0 aromatic heterocycles. The third-order valence-corrected chi connectivity index (χ3v) is 5.86. The first kappa shape index (κ1) is 19.2. The molecule has 28 heavy (non-hydrogen) atoms. The Bertz CT molecular complexity index is 919. The standard InChI is InChI=1S/C21H20Cl2N2O3/c1-12(2)10-17-18-19(28-25(17)13-6-4-3-5-7-13)21(27)24(20(18)26)14-8-9-15(22)16(23)11-14/h3-9,11-12,17-19H,10H2,1-2H3. The molecule has 3 unspecified atom stereocenters. The Morgan fingerprint density at radius 2 is 1.68 bits per heavy atom. The number of halogens is 2. The first-order valence-electron chi connectivity index (χ1n) is 9.22. The van der Waals surface area contributed by atoms with Crippen LogP contribution in [0, 0.1) is 11.8 Å². The molecule has 7 heteroatoms. The van der Waals surface area contributed by atoms with Crippen molar-refractivity contribution >= 4 is 46.4 Å². The van der Waals surface area contributed by atoms with Crippen LogP contribution in [0.3, 0.4) is 0 Å². The van der Waals surface area contributed by atoms with Crippen molar-refractivity contribution in [2.45, 2.75) is 32.4 Å². The van der Waals surface area contributed by atoms with E-state index in [1.54, 1.807) is 17.2 Å². The van der Waals surface area contributed by atoms with E-state index in [-0.39, 0.29) is 17.9 Å². The minimum absolute atomic E-state index is 0.225. The molecule has 2 aliphatic rings. The number of amides is 2. The zero-order valence-corrected chi connectivity index (χ0v) is 17.0. The number of imide groups is 1. The molecule has 4 rings (SSSR count). The topological polar surface area (TPSA) is 49.9 Å². The molecule has 0 spiro atoms. The molecule has 2 amide bonds. The van der Waals surface area contributed by atoms with Crippen molar-refractivity contribution in [2.75, 3.05) is 9.96 Å². The van der Waals surface area contributed by atoms with Crippen molar-refractivity contribution < 1.29 is 14.4 Å². The minimum Gasteiger partial charge on any atom is -0.273 e. The average molecular weight is 419 g/mol. The molecule has 0 N–H and O–H groups in total. The molecule has 2 aliphatic heterocycles. The van der Waals surface area contributed by atoms with Gasteiger partial charge in [0.2, 0.25) is 5.91 Å². The van der Waals surface area contributed by atoms with Crippen LogP contribution in [-0.4, -0.2) is 24.0 Å². The van der Waals surface area contributed by atoms with Gasteiger partial charge in [0, 0.05) is 0 Å². The molecule has 0 saturated carbocycles. The lowest BCUT2D eigenvalue weighted by atomic mass is 9.90. The number of rotatable bonds is 4. The molecule has 0 radical (unpaired) electrons. The summed E-state index contributed by atoms with van der Waals surface area (Å²) in [5.74, 6) is -0.872. The molecule has 2 heterocycles. The number of fused-ring (bicyclic) bond motifs is 1. The van der Waals surface area contributed by atoms with Crippen molar-refractivity contribution in [3.8, 4) is 0 Å². The Morgan fingerprint density at radius 3 is 2.32 bits per heavy atom. The monoisotopic (exact) mass is 418 g/mol. The van der Waals surface area contributed by atoms with Gasteiger partial charge in [0.15, 0.2) is 6.10 Å². The van der Waals surface area contributed by atoms with E-state index in [1.807, 2.05) is 30.3 Å². The summed E-state index contributed by atoms with van der Waals surface area (Å²) in [4.78, 5) is 33.6. The summed E-state index contributed by atoms with van der Waals surface area (Å²) in [5.41, 5.74) is 1.25. The van der Waals surface area contributed by atoms with Crippen LogP contribution in [0.1, 0.15) is 20.3 Å². The molecule has 2 saturated heterocycles. The van der Waals surface area contributed by atoms with Gasteiger partial charge in [-0.1, -0.05) is 55.2 Å². The number of benzene rings is 2. The Hall–Kier alpha value is -2.08. The van der Waals surface area contributed by atoms with E-state index in [2.05, 4.69) is 13.8 Å². The van der Waals surface area contributed by atoms with E-state index in [0.29, 0.717) is 21.7 Å². The summed E-state index contributed by atoms with van der Waals surface area (Å²) >= 11 is 12.1. The molecule has 2 aromatic carbocycles. The van der Waals surface area contributed by atoms with Gasteiger partial charge in [0.25, 0.3) is 5.91 Å². The van der Waals surface area contributed by atoms with Crippen LogP contribution in [0.4, 0.5) is 11.4 Å². The third-order valence-electron chi connectivity index (χ3n) is 5.12. The quantitative estimate of drug-likeness (QED) is 0.674. The van der Waals surface area contributed by atoms with Gasteiger partial charge in [-0.05, 0) is 42.7 Å². The third kappa shape index (κ3) is 3.17. The number of carbonyl (C=O) groups excluding carboxylic acids is 2. The van der Waals surface area contributed by atoms with Crippen molar-refractivity contribution in [1.82, 2.24) is 0 Å². The minimum atomic E-state index is -0.842. The highest BCUT2D eigenvalue weighted by Crippen LogP contribution is 2.42. The smallest absolute Gasteiger partial charge is 0.266 e. The van der Waals surface area contributed by atoms with Crippen LogP contribution < -0.4 is 9.96 Å². The van der Waals surface area contributed by atoms with Crippen molar-refractivity contribution in [3.63, 3.8) is 0 Å². The molecule has 146 valence electrons. The van der Waals surface area contributed by atoms with Gasteiger partial charge in [0.1, 0.15) is 0 Å². The van der Waals surface area contributed by atoms with E-state index >= 15 is 0 Å². The second kappa shape index (κ2) is 7.39. The molecule has 2 aromatic rings. The zero-order valence-electron chi connectivity index (χ0n) is 15.5. The van der Waals surface area contributed by atoms with Crippen LogP contribution in [0.5, 0.6) is 0 Å². The predicted octanol–water partition coefficient (Wildman–Crippen LogP) is 4.72. The number of para-hydroxylation sites is 1. The maximum Gasteiger partial charge on any atom is 0.266 e. The maximum absolute atomic E-state index is 13.3. The first-order chi connectivity index (χ1) is 13.4. The second-order valence-electron chi connectivity index (χ2n) is 7.52. The number of hydroxylamine groups is 1. The fourth-order valence-electron chi connectivity index (χ4n) is 3.92. The van der Waals surface area contributed by atoms with E-state index in [0.717, 1.165) is 12.1 Å². The van der Waals surface area contributed by atoms with E-state index < -0.39 is 12.0 Å². The van der Waals surface area contributed by atoms with E-state index in [9.17, 15) is 9.59 Å². The Kier molecular flexibility index (Phi) is 5.08.